The Hall–Kier alpha value is -1.93. The van der Waals surface area contributed by atoms with Crippen molar-refractivity contribution in [2.45, 2.75) is 6.61 Å². The summed E-state index contributed by atoms with van der Waals surface area (Å²) in [5.41, 5.74) is 1.39. The standard InChI is InChI=1S/C12H8BrN3O/c13-11-5-10(6-14)12(16-7-11)17-8-9-1-3-15-4-2-9/h1-5,7H,8H2. The molecule has 0 aliphatic carbocycles. The van der Waals surface area contributed by atoms with Crippen LogP contribution < -0.4 is 4.74 Å². The number of halogens is 1. The molecule has 17 heavy (non-hydrogen) atoms. The second-order valence-corrected chi connectivity index (χ2v) is 4.18. The van der Waals surface area contributed by atoms with Gasteiger partial charge in [0.2, 0.25) is 5.88 Å². The van der Waals surface area contributed by atoms with Gasteiger partial charge in [0.25, 0.3) is 0 Å². The van der Waals surface area contributed by atoms with Gasteiger partial charge >= 0.3 is 0 Å². The van der Waals surface area contributed by atoms with E-state index in [-0.39, 0.29) is 0 Å². The van der Waals surface area contributed by atoms with Crippen molar-refractivity contribution < 1.29 is 4.74 Å². The lowest BCUT2D eigenvalue weighted by molar-refractivity contribution is 0.292. The van der Waals surface area contributed by atoms with Crippen molar-refractivity contribution in [1.29, 1.82) is 5.26 Å². The monoisotopic (exact) mass is 289 g/mol. The molecule has 0 radical (unpaired) electrons. The zero-order chi connectivity index (χ0) is 12.1. The van der Waals surface area contributed by atoms with Gasteiger partial charge in [0.1, 0.15) is 18.2 Å². The van der Waals surface area contributed by atoms with Crippen LogP contribution in [0.15, 0.2) is 41.3 Å². The molecule has 4 nitrogen and oxygen atoms in total. The molecule has 0 aromatic carbocycles. The highest BCUT2D eigenvalue weighted by Gasteiger charge is 2.05. The molecule has 2 aromatic rings. The molecule has 0 amide bonds. The normalized spacial score (nSPS) is 9.65. The van der Waals surface area contributed by atoms with Gasteiger partial charge in [0.15, 0.2) is 0 Å². The molecule has 0 N–H and O–H groups in total. The first-order chi connectivity index (χ1) is 8.29. The Morgan fingerprint density at radius 2 is 2.12 bits per heavy atom. The van der Waals surface area contributed by atoms with Crippen LogP contribution in [0.5, 0.6) is 5.88 Å². The minimum Gasteiger partial charge on any atom is -0.472 e. The van der Waals surface area contributed by atoms with E-state index in [1.54, 1.807) is 24.7 Å². The maximum absolute atomic E-state index is 8.94. The van der Waals surface area contributed by atoms with Crippen molar-refractivity contribution in [2.75, 3.05) is 0 Å². The lowest BCUT2D eigenvalue weighted by Gasteiger charge is -2.06. The molecule has 84 valence electrons. The highest BCUT2D eigenvalue weighted by molar-refractivity contribution is 9.10. The van der Waals surface area contributed by atoms with Gasteiger partial charge in [-0.25, -0.2) is 4.98 Å². The Balaban J connectivity index is 2.12. The summed E-state index contributed by atoms with van der Waals surface area (Å²) in [6, 6.07) is 7.42. The quantitative estimate of drug-likeness (QED) is 0.872. The van der Waals surface area contributed by atoms with E-state index >= 15 is 0 Å². The van der Waals surface area contributed by atoms with Gasteiger partial charge in [-0.3, -0.25) is 4.98 Å². The first kappa shape index (κ1) is 11.6. The Kier molecular flexibility index (Phi) is 3.68. The fourth-order valence-electron chi connectivity index (χ4n) is 1.25. The number of hydrogen-bond acceptors (Lipinski definition) is 4. The Morgan fingerprint density at radius 1 is 1.35 bits per heavy atom. The molecule has 0 unspecified atom stereocenters. The maximum atomic E-state index is 8.94. The van der Waals surface area contributed by atoms with Crippen LogP contribution in [0, 0.1) is 11.3 Å². The van der Waals surface area contributed by atoms with E-state index in [4.69, 9.17) is 10.00 Å². The summed E-state index contributed by atoms with van der Waals surface area (Å²) >= 11 is 3.26. The van der Waals surface area contributed by atoms with Crippen molar-refractivity contribution in [3.63, 3.8) is 0 Å². The van der Waals surface area contributed by atoms with Crippen molar-refractivity contribution in [2.24, 2.45) is 0 Å². The van der Waals surface area contributed by atoms with Gasteiger partial charge < -0.3 is 4.74 Å². The predicted octanol–water partition coefficient (Wildman–Crippen LogP) is 2.69. The predicted molar refractivity (Wildman–Crippen MR) is 65.2 cm³/mol. The van der Waals surface area contributed by atoms with Gasteiger partial charge in [0.05, 0.1) is 0 Å². The van der Waals surface area contributed by atoms with E-state index in [0.29, 0.717) is 18.1 Å². The molecule has 0 spiro atoms. The molecular formula is C12H8BrN3O. The van der Waals surface area contributed by atoms with E-state index < -0.39 is 0 Å². The lowest BCUT2D eigenvalue weighted by atomic mass is 10.3. The lowest BCUT2D eigenvalue weighted by Crippen LogP contribution is -1.99. The van der Waals surface area contributed by atoms with Crippen LogP contribution in [0.4, 0.5) is 0 Å². The van der Waals surface area contributed by atoms with Crippen LogP contribution in [-0.2, 0) is 6.61 Å². The zero-order valence-corrected chi connectivity index (χ0v) is 10.4. The number of nitrogens with zero attached hydrogens (tertiary/aromatic N) is 3. The maximum Gasteiger partial charge on any atom is 0.232 e. The second kappa shape index (κ2) is 5.41. The van der Waals surface area contributed by atoms with Gasteiger partial charge in [-0.05, 0) is 39.7 Å². The summed E-state index contributed by atoms with van der Waals surface area (Å²) in [5, 5.41) is 8.94. The molecule has 5 heteroatoms. The highest BCUT2D eigenvalue weighted by atomic mass is 79.9. The van der Waals surface area contributed by atoms with E-state index in [1.807, 2.05) is 18.2 Å². The molecule has 0 bridgehead atoms. The smallest absolute Gasteiger partial charge is 0.232 e. The average Bonchev–Trinajstić information content (AvgIpc) is 2.38. The minimum atomic E-state index is 0.340. The molecule has 2 rings (SSSR count). The fourth-order valence-corrected chi connectivity index (χ4v) is 1.58. The molecule has 0 saturated heterocycles. The van der Waals surface area contributed by atoms with E-state index in [0.717, 1.165) is 10.0 Å². The molecular weight excluding hydrogens is 282 g/mol. The minimum absolute atomic E-state index is 0.340. The number of rotatable bonds is 3. The molecule has 2 aromatic heterocycles. The third-order valence-corrected chi connectivity index (χ3v) is 2.50. The van der Waals surface area contributed by atoms with Crippen molar-refractivity contribution >= 4 is 15.9 Å². The van der Waals surface area contributed by atoms with Crippen LogP contribution in [0.1, 0.15) is 11.1 Å². The van der Waals surface area contributed by atoms with Gasteiger partial charge in [0, 0.05) is 23.1 Å². The summed E-state index contributed by atoms with van der Waals surface area (Å²) < 4.78 is 6.24. The summed E-state index contributed by atoms with van der Waals surface area (Å²) in [6.45, 7) is 0.367. The number of hydrogen-bond donors (Lipinski definition) is 0. The van der Waals surface area contributed by atoms with Crippen LogP contribution in [-0.4, -0.2) is 9.97 Å². The summed E-state index contributed by atoms with van der Waals surface area (Å²) in [4.78, 5) is 7.97. The Morgan fingerprint density at radius 3 is 2.82 bits per heavy atom. The van der Waals surface area contributed by atoms with Gasteiger partial charge in [-0.2, -0.15) is 5.26 Å². The SMILES string of the molecule is N#Cc1cc(Br)cnc1OCc1ccncc1. The number of ether oxygens (including phenoxy) is 1. The Labute approximate surface area is 107 Å². The van der Waals surface area contributed by atoms with Crippen molar-refractivity contribution in [3.05, 3.63) is 52.4 Å². The van der Waals surface area contributed by atoms with E-state index in [1.165, 1.54) is 0 Å². The number of aromatic nitrogens is 2. The third-order valence-electron chi connectivity index (χ3n) is 2.06. The highest BCUT2D eigenvalue weighted by Crippen LogP contribution is 2.19. The first-order valence-corrected chi connectivity index (χ1v) is 5.66. The molecule has 0 saturated carbocycles. The molecule has 0 atom stereocenters. The summed E-state index contributed by atoms with van der Waals surface area (Å²) in [7, 11) is 0. The first-order valence-electron chi connectivity index (χ1n) is 4.87. The van der Waals surface area contributed by atoms with Crippen LogP contribution in [0.2, 0.25) is 0 Å². The zero-order valence-electron chi connectivity index (χ0n) is 8.80. The van der Waals surface area contributed by atoms with Gasteiger partial charge in [-0.1, -0.05) is 0 Å². The van der Waals surface area contributed by atoms with E-state index in [9.17, 15) is 0 Å². The fraction of sp³-hybridized carbons (Fsp3) is 0.0833. The van der Waals surface area contributed by atoms with Gasteiger partial charge in [-0.15, -0.1) is 0 Å². The average molecular weight is 290 g/mol. The molecule has 0 aliphatic heterocycles. The van der Waals surface area contributed by atoms with Crippen molar-refractivity contribution in [3.8, 4) is 11.9 Å². The van der Waals surface area contributed by atoms with E-state index in [2.05, 4.69) is 25.9 Å². The van der Waals surface area contributed by atoms with Crippen molar-refractivity contribution in [1.82, 2.24) is 9.97 Å². The Bertz CT molecular complexity index is 551. The van der Waals surface area contributed by atoms with Crippen LogP contribution in [0.3, 0.4) is 0 Å². The number of nitriles is 1. The molecule has 0 fully saturated rings. The molecule has 0 aliphatic rings. The van der Waals surface area contributed by atoms with Crippen LogP contribution in [0.25, 0.3) is 0 Å². The summed E-state index contributed by atoms with van der Waals surface area (Å²) in [6.07, 6.45) is 4.99. The summed E-state index contributed by atoms with van der Waals surface area (Å²) in [5.74, 6) is 0.340. The molecule has 2 heterocycles. The third kappa shape index (κ3) is 3.02. The number of pyridine rings is 2. The van der Waals surface area contributed by atoms with Crippen LogP contribution >= 0.6 is 15.9 Å². The largest absolute Gasteiger partial charge is 0.472 e. The topological polar surface area (TPSA) is 58.8 Å². The second-order valence-electron chi connectivity index (χ2n) is 3.26.